The third-order valence-electron chi connectivity index (χ3n) is 3.06. The van der Waals surface area contributed by atoms with E-state index < -0.39 is 0 Å². The van der Waals surface area contributed by atoms with E-state index in [1.54, 1.807) is 0 Å². The highest BCUT2D eigenvalue weighted by Crippen LogP contribution is 2.15. The Hall–Kier alpha value is -0.960. The molecule has 0 bridgehead atoms. The monoisotopic (exact) mass is 255 g/mol. The first-order valence-electron chi connectivity index (χ1n) is 6.70. The number of nitrogens with one attached hydrogen (secondary N) is 1. The Morgan fingerprint density at radius 3 is 2.50 bits per heavy atom. The van der Waals surface area contributed by atoms with Crippen LogP contribution in [-0.4, -0.2) is 12.6 Å². The van der Waals surface area contributed by atoms with Crippen LogP contribution in [0, 0.1) is 17.6 Å². The van der Waals surface area contributed by atoms with Crippen molar-refractivity contribution in [2.75, 3.05) is 6.54 Å². The molecule has 1 rings (SSSR count). The number of rotatable bonds is 7. The lowest BCUT2D eigenvalue weighted by molar-refractivity contribution is 0.428. The van der Waals surface area contributed by atoms with Crippen LogP contribution in [0.3, 0.4) is 0 Å². The number of halogens is 2. The predicted molar refractivity (Wildman–Crippen MR) is 71.6 cm³/mol. The van der Waals surface area contributed by atoms with Crippen molar-refractivity contribution in [3.63, 3.8) is 0 Å². The molecule has 0 aliphatic heterocycles. The van der Waals surface area contributed by atoms with Crippen LogP contribution in [0.2, 0.25) is 0 Å². The highest BCUT2D eigenvalue weighted by Gasteiger charge is 2.12. The highest BCUT2D eigenvalue weighted by molar-refractivity contribution is 5.19. The second-order valence-electron chi connectivity index (χ2n) is 5.17. The van der Waals surface area contributed by atoms with Gasteiger partial charge in [0.05, 0.1) is 0 Å². The maximum absolute atomic E-state index is 13.6. The highest BCUT2D eigenvalue weighted by atomic mass is 19.1. The summed E-state index contributed by atoms with van der Waals surface area (Å²) < 4.78 is 26.7. The molecule has 0 aromatic heterocycles. The van der Waals surface area contributed by atoms with Gasteiger partial charge in [0.1, 0.15) is 11.6 Å². The average molecular weight is 255 g/mol. The average Bonchev–Trinajstić information content (AvgIpc) is 2.31. The number of hydrogen-bond donors (Lipinski definition) is 1. The maximum Gasteiger partial charge on any atom is 0.126 e. The van der Waals surface area contributed by atoms with E-state index in [1.165, 1.54) is 12.1 Å². The molecule has 1 unspecified atom stereocenters. The first-order chi connectivity index (χ1) is 8.52. The fraction of sp³-hybridized carbons (Fsp3) is 0.600. The lowest BCUT2D eigenvalue weighted by Gasteiger charge is -2.19. The molecule has 0 fully saturated rings. The van der Waals surface area contributed by atoms with E-state index in [2.05, 4.69) is 19.2 Å². The molecule has 0 radical (unpaired) electrons. The van der Waals surface area contributed by atoms with Gasteiger partial charge in [0.2, 0.25) is 0 Å². The van der Waals surface area contributed by atoms with E-state index in [1.807, 2.05) is 6.92 Å². The molecule has 1 atom stereocenters. The van der Waals surface area contributed by atoms with Crippen LogP contribution in [0.5, 0.6) is 0 Å². The van der Waals surface area contributed by atoms with E-state index in [0.29, 0.717) is 17.9 Å². The van der Waals surface area contributed by atoms with Crippen LogP contribution in [0.4, 0.5) is 8.78 Å². The van der Waals surface area contributed by atoms with E-state index in [0.717, 1.165) is 25.5 Å². The molecule has 0 saturated heterocycles. The lowest BCUT2D eigenvalue weighted by Crippen LogP contribution is -2.31. The summed E-state index contributed by atoms with van der Waals surface area (Å²) in [5, 5.41) is 3.34. The Morgan fingerprint density at radius 1 is 1.17 bits per heavy atom. The molecule has 1 aromatic carbocycles. The summed E-state index contributed by atoms with van der Waals surface area (Å²) in [4.78, 5) is 0. The standard InChI is InChI=1S/C15H23F2N/c1-4-18-14(7-5-11(2)3)10-12-9-13(16)6-8-15(12)17/h6,8-9,11,14,18H,4-5,7,10H2,1-3H3. The minimum atomic E-state index is -0.370. The molecule has 1 nitrogen and oxygen atoms in total. The lowest BCUT2D eigenvalue weighted by atomic mass is 9.97. The molecule has 1 N–H and O–H groups in total. The summed E-state index contributed by atoms with van der Waals surface area (Å²) in [6, 6.07) is 3.88. The zero-order valence-corrected chi connectivity index (χ0v) is 11.5. The van der Waals surface area contributed by atoms with Crippen LogP contribution >= 0.6 is 0 Å². The summed E-state index contributed by atoms with van der Waals surface area (Å²) >= 11 is 0. The zero-order valence-electron chi connectivity index (χ0n) is 11.5. The molecular weight excluding hydrogens is 232 g/mol. The summed E-state index contributed by atoms with van der Waals surface area (Å²) in [6.45, 7) is 7.22. The Morgan fingerprint density at radius 2 is 1.89 bits per heavy atom. The summed E-state index contributed by atoms with van der Waals surface area (Å²) in [5.74, 6) is -0.0575. The van der Waals surface area contributed by atoms with Crippen molar-refractivity contribution in [1.82, 2.24) is 5.32 Å². The van der Waals surface area contributed by atoms with Crippen molar-refractivity contribution in [1.29, 1.82) is 0 Å². The first kappa shape index (κ1) is 15.1. The SMILES string of the molecule is CCNC(CCC(C)C)Cc1cc(F)ccc1F. The molecule has 1 aromatic rings. The zero-order chi connectivity index (χ0) is 13.5. The topological polar surface area (TPSA) is 12.0 Å². The molecule has 102 valence electrons. The van der Waals surface area contributed by atoms with Gasteiger partial charge in [0.25, 0.3) is 0 Å². The van der Waals surface area contributed by atoms with Gasteiger partial charge in [-0.05, 0) is 55.5 Å². The Balaban J connectivity index is 2.66. The fourth-order valence-electron chi connectivity index (χ4n) is 2.06. The van der Waals surface area contributed by atoms with Gasteiger partial charge in [0.15, 0.2) is 0 Å². The van der Waals surface area contributed by atoms with Gasteiger partial charge in [-0.2, -0.15) is 0 Å². The third-order valence-corrected chi connectivity index (χ3v) is 3.06. The molecule has 3 heteroatoms. The Bertz CT molecular complexity index is 364. The Kier molecular flexibility index (Phi) is 6.27. The van der Waals surface area contributed by atoms with Crippen LogP contribution < -0.4 is 5.32 Å². The molecule has 0 aliphatic carbocycles. The van der Waals surface area contributed by atoms with Gasteiger partial charge < -0.3 is 5.32 Å². The molecule has 0 heterocycles. The normalized spacial score (nSPS) is 13.0. The fourth-order valence-corrected chi connectivity index (χ4v) is 2.06. The molecular formula is C15H23F2N. The molecule has 18 heavy (non-hydrogen) atoms. The second kappa shape index (κ2) is 7.47. The van der Waals surface area contributed by atoms with Crippen molar-refractivity contribution >= 4 is 0 Å². The van der Waals surface area contributed by atoms with Crippen LogP contribution in [0.25, 0.3) is 0 Å². The van der Waals surface area contributed by atoms with Crippen molar-refractivity contribution in [3.05, 3.63) is 35.4 Å². The largest absolute Gasteiger partial charge is 0.314 e. The van der Waals surface area contributed by atoms with E-state index >= 15 is 0 Å². The van der Waals surface area contributed by atoms with Gasteiger partial charge in [-0.25, -0.2) is 8.78 Å². The van der Waals surface area contributed by atoms with Crippen LogP contribution in [0.15, 0.2) is 18.2 Å². The maximum atomic E-state index is 13.6. The van der Waals surface area contributed by atoms with Gasteiger partial charge in [-0.15, -0.1) is 0 Å². The number of benzene rings is 1. The minimum absolute atomic E-state index is 0.216. The van der Waals surface area contributed by atoms with Gasteiger partial charge >= 0.3 is 0 Å². The van der Waals surface area contributed by atoms with E-state index in [4.69, 9.17) is 0 Å². The summed E-state index contributed by atoms with van der Waals surface area (Å²) in [6.07, 6.45) is 2.63. The Labute approximate surface area is 109 Å². The van der Waals surface area contributed by atoms with Gasteiger partial charge in [-0.1, -0.05) is 20.8 Å². The van der Waals surface area contributed by atoms with E-state index in [-0.39, 0.29) is 17.7 Å². The van der Waals surface area contributed by atoms with Crippen molar-refractivity contribution in [2.24, 2.45) is 5.92 Å². The molecule has 0 saturated carbocycles. The predicted octanol–water partition coefficient (Wildman–Crippen LogP) is 3.92. The number of hydrogen-bond acceptors (Lipinski definition) is 1. The summed E-state index contributed by atoms with van der Waals surface area (Å²) in [7, 11) is 0. The van der Waals surface area contributed by atoms with Crippen molar-refractivity contribution in [2.45, 2.75) is 46.1 Å². The van der Waals surface area contributed by atoms with Crippen LogP contribution in [0.1, 0.15) is 39.2 Å². The van der Waals surface area contributed by atoms with Gasteiger partial charge in [0, 0.05) is 6.04 Å². The van der Waals surface area contributed by atoms with E-state index in [9.17, 15) is 8.78 Å². The van der Waals surface area contributed by atoms with Crippen molar-refractivity contribution in [3.8, 4) is 0 Å². The summed E-state index contributed by atoms with van der Waals surface area (Å²) in [5.41, 5.74) is 0.463. The van der Waals surface area contributed by atoms with Crippen molar-refractivity contribution < 1.29 is 8.78 Å². The quantitative estimate of drug-likeness (QED) is 0.778. The smallest absolute Gasteiger partial charge is 0.126 e. The minimum Gasteiger partial charge on any atom is -0.314 e. The molecule has 0 amide bonds. The third kappa shape index (κ3) is 5.13. The molecule has 0 spiro atoms. The number of likely N-dealkylation sites (N-methyl/N-ethyl adjacent to an activating group) is 1. The first-order valence-corrected chi connectivity index (χ1v) is 6.70. The van der Waals surface area contributed by atoms with Gasteiger partial charge in [-0.3, -0.25) is 0 Å². The second-order valence-corrected chi connectivity index (χ2v) is 5.17. The van der Waals surface area contributed by atoms with Crippen LogP contribution in [-0.2, 0) is 6.42 Å². The molecule has 0 aliphatic rings.